The van der Waals surface area contributed by atoms with Crippen LogP contribution in [0, 0.1) is 33.6 Å². The van der Waals surface area contributed by atoms with Crippen molar-refractivity contribution in [3.05, 3.63) is 64.2 Å². The predicted molar refractivity (Wildman–Crippen MR) is 109 cm³/mol. The Kier molecular flexibility index (Phi) is 5.64. The van der Waals surface area contributed by atoms with Crippen molar-refractivity contribution in [1.82, 2.24) is 4.90 Å². The van der Waals surface area contributed by atoms with Crippen LogP contribution in [0.4, 0.5) is 5.69 Å². The van der Waals surface area contributed by atoms with E-state index in [1.165, 1.54) is 5.56 Å². The standard InChI is InChI=1S/C23H28N2O2/c1-15-6-5-7-20(14-15)23(27)25-10-8-19(9-11-25)22(26)24-21-17(3)12-16(2)13-18(21)4/h5-7,12-14,19H,8-11H2,1-4H3,(H,24,26). The van der Waals surface area contributed by atoms with Crippen LogP contribution in [0.2, 0.25) is 0 Å². The van der Waals surface area contributed by atoms with Gasteiger partial charge in [0.15, 0.2) is 0 Å². The molecule has 27 heavy (non-hydrogen) atoms. The third kappa shape index (κ3) is 4.38. The monoisotopic (exact) mass is 364 g/mol. The van der Waals surface area contributed by atoms with Crippen molar-refractivity contribution < 1.29 is 9.59 Å². The van der Waals surface area contributed by atoms with E-state index >= 15 is 0 Å². The normalized spacial score (nSPS) is 14.9. The minimum absolute atomic E-state index is 0.0494. The maximum atomic E-state index is 12.7. The molecule has 2 aromatic rings. The molecule has 1 aliphatic heterocycles. The summed E-state index contributed by atoms with van der Waals surface area (Å²) in [5, 5.41) is 3.12. The molecule has 0 saturated carbocycles. The van der Waals surface area contributed by atoms with Crippen LogP contribution in [-0.2, 0) is 4.79 Å². The van der Waals surface area contributed by atoms with E-state index in [1.54, 1.807) is 0 Å². The average molecular weight is 364 g/mol. The molecule has 1 aliphatic rings. The van der Waals surface area contributed by atoms with Crippen molar-refractivity contribution >= 4 is 17.5 Å². The Labute approximate surface area is 161 Å². The fourth-order valence-corrected chi connectivity index (χ4v) is 3.91. The van der Waals surface area contributed by atoms with Crippen molar-refractivity contribution in [2.24, 2.45) is 5.92 Å². The highest BCUT2D eigenvalue weighted by Gasteiger charge is 2.28. The summed E-state index contributed by atoms with van der Waals surface area (Å²) in [4.78, 5) is 27.3. The molecule has 0 spiro atoms. The van der Waals surface area contributed by atoms with Gasteiger partial charge in [0.25, 0.3) is 5.91 Å². The maximum absolute atomic E-state index is 12.7. The predicted octanol–water partition coefficient (Wildman–Crippen LogP) is 4.41. The molecule has 0 aromatic heterocycles. The molecule has 0 atom stereocenters. The second-order valence-corrected chi connectivity index (χ2v) is 7.70. The number of hydrogen-bond donors (Lipinski definition) is 1. The first-order valence-corrected chi connectivity index (χ1v) is 9.60. The summed E-state index contributed by atoms with van der Waals surface area (Å²) in [6.07, 6.45) is 1.40. The maximum Gasteiger partial charge on any atom is 0.253 e. The first-order valence-electron chi connectivity index (χ1n) is 9.60. The first-order chi connectivity index (χ1) is 12.8. The minimum atomic E-state index is -0.0494. The topological polar surface area (TPSA) is 49.4 Å². The number of aryl methyl sites for hydroxylation is 4. The Morgan fingerprint density at radius 3 is 2.15 bits per heavy atom. The SMILES string of the molecule is Cc1cccc(C(=O)N2CCC(C(=O)Nc3c(C)cc(C)cc3C)CC2)c1. The number of likely N-dealkylation sites (tertiary alicyclic amines) is 1. The third-order valence-electron chi connectivity index (χ3n) is 5.34. The minimum Gasteiger partial charge on any atom is -0.339 e. The van der Waals surface area contributed by atoms with Gasteiger partial charge in [-0.25, -0.2) is 0 Å². The molecule has 0 unspecified atom stereocenters. The van der Waals surface area contributed by atoms with Crippen LogP contribution in [0.15, 0.2) is 36.4 Å². The quantitative estimate of drug-likeness (QED) is 0.877. The Hall–Kier alpha value is -2.62. The van der Waals surface area contributed by atoms with Crippen LogP contribution < -0.4 is 5.32 Å². The molecule has 1 saturated heterocycles. The Bertz CT molecular complexity index is 841. The van der Waals surface area contributed by atoms with Crippen LogP contribution in [0.25, 0.3) is 0 Å². The van der Waals surface area contributed by atoms with Gasteiger partial charge in [0.05, 0.1) is 0 Å². The Balaban J connectivity index is 1.60. The van der Waals surface area contributed by atoms with E-state index in [1.807, 2.05) is 49.9 Å². The number of carbonyl (C=O) groups is 2. The van der Waals surface area contributed by atoms with Crippen LogP contribution >= 0.6 is 0 Å². The molecule has 1 fully saturated rings. The number of amides is 2. The van der Waals surface area contributed by atoms with E-state index in [4.69, 9.17) is 0 Å². The van der Waals surface area contributed by atoms with Gasteiger partial charge in [-0.1, -0.05) is 35.4 Å². The summed E-state index contributed by atoms with van der Waals surface area (Å²) in [5.41, 5.74) is 6.11. The van der Waals surface area contributed by atoms with E-state index in [0.29, 0.717) is 25.9 Å². The summed E-state index contributed by atoms with van der Waals surface area (Å²) < 4.78 is 0. The van der Waals surface area contributed by atoms with Crippen molar-refractivity contribution in [1.29, 1.82) is 0 Å². The second-order valence-electron chi connectivity index (χ2n) is 7.70. The van der Waals surface area contributed by atoms with Crippen LogP contribution in [0.3, 0.4) is 0 Å². The summed E-state index contributed by atoms with van der Waals surface area (Å²) in [6.45, 7) is 9.35. The van der Waals surface area contributed by atoms with Gasteiger partial charge >= 0.3 is 0 Å². The third-order valence-corrected chi connectivity index (χ3v) is 5.34. The number of rotatable bonds is 3. The van der Waals surface area contributed by atoms with Gasteiger partial charge in [0.2, 0.25) is 5.91 Å². The lowest BCUT2D eigenvalue weighted by Gasteiger charge is -2.31. The van der Waals surface area contributed by atoms with Crippen molar-refractivity contribution in [2.45, 2.75) is 40.5 Å². The second kappa shape index (κ2) is 7.95. The van der Waals surface area contributed by atoms with Crippen LogP contribution in [0.1, 0.15) is 45.5 Å². The lowest BCUT2D eigenvalue weighted by molar-refractivity contribution is -0.121. The molecular weight excluding hydrogens is 336 g/mol. The first kappa shape index (κ1) is 19.2. The van der Waals surface area contributed by atoms with Crippen molar-refractivity contribution in [2.75, 3.05) is 18.4 Å². The van der Waals surface area contributed by atoms with Gasteiger partial charge in [0.1, 0.15) is 0 Å². The average Bonchev–Trinajstić information content (AvgIpc) is 2.64. The molecule has 1 N–H and O–H groups in total. The number of anilines is 1. The molecule has 0 bridgehead atoms. The zero-order valence-electron chi connectivity index (χ0n) is 16.6. The largest absolute Gasteiger partial charge is 0.339 e. The van der Waals surface area contributed by atoms with E-state index in [-0.39, 0.29) is 17.7 Å². The number of hydrogen-bond acceptors (Lipinski definition) is 2. The Morgan fingerprint density at radius 1 is 0.926 bits per heavy atom. The molecule has 142 valence electrons. The van der Waals surface area contributed by atoms with Crippen LogP contribution in [0.5, 0.6) is 0 Å². The van der Waals surface area contributed by atoms with Gasteiger partial charge in [-0.05, 0) is 63.8 Å². The summed E-state index contributed by atoms with van der Waals surface area (Å²) in [5.74, 6) is 0.0714. The van der Waals surface area contributed by atoms with E-state index in [9.17, 15) is 9.59 Å². The summed E-state index contributed by atoms with van der Waals surface area (Å²) in [6, 6.07) is 11.9. The highest BCUT2D eigenvalue weighted by atomic mass is 16.2. The fourth-order valence-electron chi connectivity index (χ4n) is 3.91. The molecule has 2 aromatic carbocycles. The zero-order valence-corrected chi connectivity index (χ0v) is 16.6. The van der Waals surface area contributed by atoms with E-state index < -0.39 is 0 Å². The fraction of sp³-hybridized carbons (Fsp3) is 0.391. The number of nitrogens with zero attached hydrogens (tertiary/aromatic N) is 1. The van der Waals surface area contributed by atoms with Crippen molar-refractivity contribution in [3.8, 4) is 0 Å². The molecule has 4 nitrogen and oxygen atoms in total. The van der Waals surface area contributed by atoms with Gasteiger partial charge in [-0.15, -0.1) is 0 Å². The number of nitrogens with one attached hydrogen (secondary N) is 1. The smallest absolute Gasteiger partial charge is 0.253 e. The van der Waals surface area contributed by atoms with Gasteiger partial charge in [0, 0.05) is 30.3 Å². The molecule has 4 heteroatoms. The summed E-state index contributed by atoms with van der Waals surface area (Å²) >= 11 is 0. The molecule has 0 aliphatic carbocycles. The van der Waals surface area contributed by atoms with E-state index in [2.05, 4.69) is 24.4 Å². The molecule has 1 heterocycles. The molecule has 0 radical (unpaired) electrons. The number of carbonyl (C=O) groups excluding carboxylic acids is 2. The zero-order chi connectivity index (χ0) is 19.6. The number of benzene rings is 2. The van der Waals surface area contributed by atoms with Gasteiger partial charge in [-0.3, -0.25) is 9.59 Å². The lowest BCUT2D eigenvalue weighted by atomic mass is 9.94. The highest BCUT2D eigenvalue weighted by Crippen LogP contribution is 2.25. The van der Waals surface area contributed by atoms with Crippen LogP contribution in [-0.4, -0.2) is 29.8 Å². The van der Waals surface area contributed by atoms with E-state index in [0.717, 1.165) is 27.9 Å². The molecule has 3 rings (SSSR count). The van der Waals surface area contributed by atoms with Gasteiger partial charge in [-0.2, -0.15) is 0 Å². The lowest BCUT2D eigenvalue weighted by Crippen LogP contribution is -2.41. The summed E-state index contributed by atoms with van der Waals surface area (Å²) in [7, 11) is 0. The Morgan fingerprint density at radius 2 is 1.56 bits per heavy atom. The highest BCUT2D eigenvalue weighted by molar-refractivity contribution is 5.96. The van der Waals surface area contributed by atoms with Crippen molar-refractivity contribution in [3.63, 3.8) is 0 Å². The molecule has 2 amide bonds. The van der Waals surface area contributed by atoms with Gasteiger partial charge < -0.3 is 10.2 Å². The molecular formula is C23H28N2O2. The number of piperidine rings is 1.